The van der Waals surface area contributed by atoms with E-state index in [1.807, 2.05) is 0 Å². The Hall–Kier alpha value is -2.28. The zero-order chi connectivity index (χ0) is 16.1. The van der Waals surface area contributed by atoms with Crippen molar-refractivity contribution in [2.45, 2.75) is 0 Å². The van der Waals surface area contributed by atoms with Crippen LogP contribution >= 0.6 is 15.9 Å². The van der Waals surface area contributed by atoms with Crippen molar-refractivity contribution < 1.29 is 23.1 Å². The third-order valence-electron chi connectivity index (χ3n) is 2.61. The lowest BCUT2D eigenvalue weighted by molar-refractivity contribution is -0.119. The number of esters is 1. The van der Waals surface area contributed by atoms with Crippen LogP contribution in [0.2, 0.25) is 0 Å². The summed E-state index contributed by atoms with van der Waals surface area (Å²) in [5.74, 6) is -2.44. The molecule has 1 N–H and O–H groups in total. The molecule has 1 amide bonds. The lowest BCUT2D eigenvalue weighted by atomic mass is 10.2. The summed E-state index contributed by atoms with van der Waals surface area (Å²) in [5, 5.41) is 2.43. The number of hydrogen-bond acceptors (Lipinski definition) is 3. The predicted octanol–water partition coefficient (Wildman–Crippen LogP) is 3.52. The highest BCUT2D eigenvalue weighted by atomic mass is 79.9. The molecule has 0 saturated heterocycles. The van der Waals surface area contributed by atoms with E-state index in [1.165, 1.54) is 36.4 Å². The van der Waals surface area contributed by atoms with Gasteiger partial charge in [-0.2, -0.15) is 0 Å². The molecule has 0 aromatic heterocycles. The van der Waals surface area contributed by atoms with Crippen LogP contribution in [0.1, 0.15) is 10.4 Å². The zero-order valence-corrected chi connectivity index (χ0v) is 12.7. The number of carbonyl (C=O) groups excluding carboxylic acids is 2. The van der Waals surface area contributed by atoms with Gasteiger partial charge in [-0.1, -0.05) is 0 Å². The lowest BCUT2D eigenvalue weighted by Crippen LogP contribution is -2.21. The van der Waals surface area contributed by atoms with Crippen LogP contribution in [0.25, 0.3) is 0 Å². The summed E-state index contributed by atoms with van der Waals surface area (Å²) in [5.41, 5.74) is 0.351. The molecule has 0 spiro atoms. The standard InChI is InChI=1S/C15H10BrF2NO3/c16-13-6-3-10(18)7-12(13)15(21)22-8-14(20)19-11-4-1-9(17)2-5-11/h1-7H,8H2,(H,19,20). The summed E-state index contributed by atoms with van der Waals surface area (Å²) >= 11 is 3.10. The predicted molar refractivity (Wildman–Crippen MR) is 79.4 cm³/mol. The van der Waals surface area contributed by atoms with Crippen molar-refractivity contribution in [1.82, 2.24) is 0 Å². The number of carbonyl (C=O) groups is 2. The molecule has 4 nitrogen and oxygen atoms in total. The number of nitrogens with one attached hydrogen (secondary N) is 1. The normalized spacial score (nSPS) is 10.1. The Morgan fingerprint density at radius 1 is 1.05 bits per heavy atom. The Bertz CT molecular complexity index is 704. The minimum atomic E-state index is -0.833. The Morgan fingerprint density at radius 2 is 1.68 bits per heavy atom. The van der Waals surface area contributed by atoms with Gasteiger partial charge >= 0.3 is 5.97 Å². The molecule has 0 bridgehead atoms. The van der Waals surface area contributed by atoms with Crippen molar-refractivity contribution >= 4 is 33.5 Å². The van der Waals surface area contributed by atoms with Gasteiger partial charge in [-0.05, 0) is 58.4 Å². The van der Waals surface area contributed by atoms with E-state index < -0.39 is 30.1 Å². The number of benzene rings is 2. The second kappa shape index (κ2) is 7.13. The first-order chi connectivity index (χ1) is 10.5. The summed E-state index contributed by atoms with van der Waals surface area (Å²) < 4.78 is 31.0. The van der Waals surface area contributed by atoms with E-state index in [0.717, 1.165) is 6.07 Å². The summed E-state index contributed by atoms with van der Waals surface area (Å²) in [7, 11) is 0. The number of amides is 1. The fraction of sp³-hybridized carbons (Fsp3) is 0.0667. The van der Waals surface area contributed by atoms with E-state index in [1.54, 1.807) is 0 Å². The molecule has 0 saturated carbocycles. The second-order valence-corrected chi connectivity index (χ2v) is 5.11. The molecular weight excluding hydrogens is 360 g/mol. The van der Waals surface area contributed by atoms with Crippen LogP contribution in [0.4, 0.5) is 14.5 Å². The number of ether oxygens (including phenoxy) is 1. The first-order valence-electron chi connectivity index (χ1n) is 6.13. The van der Waals surface area contributed by atoms with Gasteiger partial charge in [-0.25, -0.2) is 13.6 Å². The van der Waals surface area contributed by atoms with Crippen molar-refractivity contribution in [2.75, 3.05) is 11.9 Å². The van der Waals surface area contributed by atoms with Crippen molar-refractivity contribution in [3.8, 4) is 0 Å². The maximum absolute atomic E-state index is 13.1. The van der Waals surface area contributed by atoms with Gasteiger partial charge in [-0.3, -0.25) is 4.79 Å². The van der Waals surface area contributed by atoms with E-state index in [9.17, 15) is 18.4 Å². The van der Waals surface area contributed by atoms with Gasteiger partial charge in [0, 0.05) is 10.2 Å². The third kappa shape index (κ3) is 4.36. The van der Waals surface area contributed by atoms with E-state index in [2.05, 4.69) is 21.2 Å². The lowest BCUT2D eigenvalue weighted by Gasteiger charge is -2.07. The molecule has 2 aromatic carbocycles. The van der Waals surface area contributed by atoms with Crippen LogP contribution in [-0.4, -0.2) is 18.5 Å². The topological polar surface area (TPSA) is 55.4 Å². The Balaban J connectivity index is 1.91. The van der Waals surface area contributed by atoms with Gasteiger partial charge in [0.1, 0.15) is 11.6 Å². The largest absolute Gasteiger partial charge is 0.452 e. The van der Waals surface area contributed by atoms with E-state index in [4.69, 9.17) is 4.74 Å². The van der Waals surface area contributed by atoms with Crippen LogP contribution in [0.3, 0.4) is 0 Å². The SMILES string of the molecule is O=C(COC(=O)c1cc(F)ccc1Br)Nc1ccc(F)cc1. The Morgan fingerprint density at radius 3 is 2.36 bits per heavy atom. The fourth-order valence-electron chi connectivity index (χ4n) is 1.59. The van der Waals surface area contributed by atoms with Crippen LogP contribution in [-0.2, 0) is 9.53 Å². The average Bonchev–Trinajstić information content (AvgIpc) is 2.49. The molecule has 0 aliphatic rings. The molecule has 0 aliphatic carbocycles. The van der Waals surface area contributed by atoms with E-state index in [0.29, 0.717) is 10.2 Å². The van der Waals surface area contributed by atoms with Crippen LogP contribution in [0.15, 0.2) is 46.9 Å². The number of hydrogen-bond donors (Lipinski definition) is 1. The van der Waals surface area contributed by atoms with Crippen molar-refractivity contribution in [1.29, 1.82) is 0 Å². The van der Waals surface area contributed by atoms with Crippen molar-refractivity contribution in [3.63, 3.8) is 0 Å². The molecule has 2 aromatic rings. The Labute approximate surface area is 133 Å². The quantitative estimate of drug-likeness (QED) is 0.838. The smallest absolute Gasteiger partial charge is 0.339 e. The maximum Gasteiger partial charge on any atom is 0.339 e. The minimum absolute atomic E-state index is 0.0189. The van der Waals surface area contributed by atoms with Crippen molar-refractivity contribution in [3.05, 3.63) is 64.1 Å². The molecule has 0 unspecified atom stereocenters. The molecule has 0 heterocycles. The molecule has 0 fully saturated rings. The summed E-state index contributed by atoms with van der Waals surface area (Å²) in [6.45, 7) is -0.542. The Kier molecular flexibility index (Phi) is 5.21. The molecule has 114 valence electrons. The zero-order valence-electron chi connectivity index (χ0n) is 11.1. The minimum Gasteiger partial charge on any atom is -0.452 e. The number of halogens is 3. The average molecular weight is 370 g/mol. The van der Waals surface area contributed by atoms with Crippen LogP contribution < -0.4 is 5.32 Å². The van der Waals surface area contributed by atoms with E-state index >= 15 is 0 Å². The summed E-state index contributed by atoms with van der Waals surface area (Å²) in [4.78, 5) is 23.4. The van der Waals surface area contributed by atoms with Crippen LogP contribution in [0, 0.1) is 11.6 Å². The van der Waals surface area contributed by atoms with Gasteiger partial charge in [0.15, 0.2) is 6.61 Å². The fourth-order valence-corrected chi connectivity index (χ4v) is 2.00. The molecule has 7 heteroatoms. The molecule has 0 radical (unpaired) electrons. The number of anilines is 1. The number of rotatable bonds is 4. The molecule has 22 heavy (non-hydrogen) atoms. The van der Waals surface area contributed by atoms with Gasteiger partial charge in [0.2, 0.25) is 0 Å². The van der Waals surface area contributed by atoms with Gasteiger partial charge in [0.05, 0.1) is 5.56 Å². The first kappa shape index (κ1) is 16.1. The van der Waals surface area contributed by atoms with E-state index in [-0.39, 0.29) is 5.56 Å². The monoisotopic (exact) mass is 369 g/mol. The second-order valence-electron chi connectivity index (χ2n) is 4.26. The van der Waals surface area contributed by atoms with Gasteiger partial charge in [-0.15, -0.1) is 0 Å². The molecule has 0 aliphatic heterocycles. The summed E-state index contributed by atoms with van der Waals surface area (Å²) in [6.07, 6.45) is 0. The van der Waals surface area contributed by atoms with Crippen molar-refractivity contribution in [2.24, 2.45) is 0 Å². The highest BCUT2D eigenvalue weighted by molar-refractivity contribution is 9.10. The van der Waals surface area contributed by atoms with Gasteiger partial charge in [0.25, 0.3) is 5.91 Å². The van der Waals surface area contributed by atoms with Crippen LogP contribution in [0.5, 0.6) is 0 Å². The summed E-state index contributed by atoms with van der Waals surface area (Å²) in [6, 6.07) is 8.67. The highest BCUT2D eigenvalue weighted by Crippen LogP contribution is 2.18. The molecular formula is C15H10BrF2NO3. The highest BCUT2D eigenvalue weighted by Gasteiger charge is 2.14. The molecule has 0 atom stereocenters. The molecule has 2 rings (SSSR count). The first-order valence-corrected chi connectivity index (χ1v) is 6.92. The third-order valence-corrected chi connectivity index (χ3v) is 3.30. The maximum atomic E-state index is 13.1. The van der Waals surface area contributed by atoms with Gasteiger partial charge < -0.3 is 10.1 Å².